The second-order valence-electron chi connectivity index (χ2n) is 4.07. The number of rotatable bonds is 6. The largest absolute Gasteiger partial charge is 0.0649 e. The molecule has 0 aromatic heterocycles. The summed E-state index contributed by atoms with van der Waals surface area (Å²) >= 11 is 0. The summed E-state index contributed by atoms with van der Waals surface area (Å²) in [7, 11) is 2.10. The molecule has 0 nitrogen and oxygen atoms in total. The topological polar surface area (TPSA) is 0 Å². The Morgan fingerprint density at radius 1 is 1.00 bits per heavy atom. The van der Waals surface area contributed by atoms with Crippen molar-refractivity contribution in [2.75, 3.05) is 0 Å². The van der Waals surface area contributed by atoms with Gasteiger partial charge in [0.2, 0.25) is 0 Å². The van der Waals surface area contributed by atoms with Crippen molar-refractivity contribution in [2.24, 2.45) is 11.8 Å². The fourth-order valence-electron chi connectivity index (χ4n) is 1.37. The zero-order valence-electron chi connectivity index (χ0n) is 8.40. The minimum Gasteiger partial charge on any atom is -0.0649 e. The summed E-state index contributed by atoms with van der Waals surface area (Å²) in [5.74, 6) is 1.86. The quantitative estimate of drug-likeness (QED) is 0.539. The summed E-state index contributed by atoms with van der Waals surface area (Å²) in [4.78, 5) is 0. The smallest absolute Gasteiger partial charge is 0.00798 e. The van der Waals surface area contributed by atoms with E-state index < -0.39 is 0 Å². The zero-order valence-corrected chi connectivity index (χ0v) is 9.81. The Bertz CT molecular complexity index is 78.9. The van der Waals surface area contributed by atoms with E-state index in [9.17, 15) is 0 Å². The molecule has 0 heterocycles. The van der Waals surface area contributed by atoms with Gasteiger partial charge in [-0.25, -0.2) is 0 Å². The molecule has 0 aromatic rings. The third kappa shape index (κ3) is 8.12. The predicted molar refractivity (Wildman–Crippen MR) is 55.8 cm³/mol. The van der Waals surface area contributed by atoms with Gasteiger partial charge in [-0.1, -0.05) is 52.5 Å². The van der Waals surface area contributed by atoms with Crippen LogP contribution in [0.1, 0.15) is 46.5 Å². The van der Waals surface area contributed by atoms with Crippen molar-refractivity contribution < 1.29 is 0 Å². The van der Waals surface area contributed by atoms with Crippen molar-refractivity contribution in [3.63, 3.8) is 0 Å². The maximum absolute atomic E-state index is 2.38. The molecule has 0 aliphatic heterocycles. The summed E-state index contributed by atoms with van der Waals surface area (Å²) in [5.41, 5.74) is 0. The summed E-state index contributed by atoms with van der Waals surface area (Å²) in [5, 5.41) is 0. The second-order valence-corrected chi connectivity index (χ2v) is 4.78. The molecule has 0 spiro atoms. The van der Waals surface area contributed by atoms with Gasteiger partial charge in [-0.2, -0.15) is 0 Å². The van der Waals surface area contributed by atoms with E-state index in [-0.39, 0.29) is 0 Å². The lowest BCUT2D eigenvalue weighted by Gasteiger charge is -2.10. The van der Waals surface area contributed by atoms with Gasteiger partial charge in [0.1, 0.15) is 0 Å². The molecule has 1 unspecified atom stereocenters. The molecule has 0 saturated carbocycles. The van der Waals surface area contributed by atoms with Crippen molar-refractivity contribution >= 4 is 10.2 Å². The van der Waals surface area contributed by atoms with Gasteiger partial charge < -0.3 is 0 Å². The van der Waals surface area contributed by atoms with Crippen molar-refractivity contribution in [1.82, 2.24) is 0 Å². The van der Waals surface area contributed by atoms with Gasteiger partial charge in [0.15, 0.2) is 0 Å². The summed E-state index contributed by atoms with van der Waals surface area (Å²) < 4.78 is 0. The van der Waals surface area contributed by atoms with E-state index in [1.165, 1.54) is 31.7 Å². The summed E-state index contributed by atoms with van der Waals surface area (Å²) in [6, 6.07) is 1.38. The molecule has 0 aliphatic carbocycles. The molecule has 0 rings (SSSR count). The molecule has 11 heavy (non-hydrogen) atoms. The lowest BCUT2D eigenvalue weighted by Crippen LogP contribution is -1.96. The molecule has 0 fully saturated rings. The molecule has 0 aromatic carbocycles. The molecule has 1 heteroatoms. The van der Waals surface area contributed by atoms with E-state index in [1.54, 1.807) is 0 Å². The Morgan fingerprint density at radius 3 is 2.09 bits per heavy atom. The van der Waals surface area contributed by atoms with Gasteiger partial charge in [0.25, 0.3) is 0 Å². The first-order chi connectivity index (χ1) is 5.16. The first-order valence-electron chi connectivity index (χ1n) is 4.96. The fourth-order valence-corrected chi connectivity index (χ4v) is 2.06. The van der Waals surface area contributed by atoms with Gasteiger partial charge >= 0.3 is 0 Å². The second kappa shape index (κ2) is 6.90. The molecule has 0 N–H and O–H groups in total. The third-order valence-corrected chi connectivity index (χ3v) is 2.58. The van der Waals surface area contributed by atoms with Gasteiger partial charge in [-0.15, -0.1) is 0 Å². The van der Waals surface area contributed by atoms with Crippen LogP contribution in [0.15, 0.2) is 0 Å². The Morgan fingerprint density at radius 2 is 1.64 bits per heavy atom. The Hall–Kier alpha value is 0.217. The third-order valence-electron chi connectivity index (χ3n) is 2.18. The SMILES string of the molecule is CC(C)CCCC(C)CC[SiH2]. The van der Waals surface area contributed by atoms with E-state index in [1.807, 2.05) is 0 Å². The van der Waals surface area contributed by atoms with E-state index in [0.29, 0.717) is 0 Å². The first kappa shape index (κ1) is 11.2. The van der Waals surface area contributed by atoms with Crippen molar-refractivity contribution in [1.29, 1.82) is 0 Å². The minimum absolute atomic E-state index is 0.894. The van der Waals surface area contributed by atoms with Crippen LogP contribution in [0.4, 0.5) is 0 Å². The molecule has 0 bridgehead atoms. The zero-order chi connectivity index (χ0) is 8.69. The van der Waals surface area contributed by atoms with E-state index in [4.69, 9.17) is 0 Å². The highest BCUT2D eigenvalue weighted by atomic mass is 28.1. The van der Waals surface area contributed by atoms with Crippen molar-refractivity contribution in [2.45, 2.75) is 52.5 Å². The Balaban J connectivity index is 3.10. The monoisotopic (exact) mass is 171 g/mol. The standard InChI is InChI=1S/C10H23Si/c1-9(2)5-4-6-10(3)7-8-11/h9-10H,4-8,11H2,1-3H3. The highest BCUT2D eigenvalue weighted by molar-refractivity contribution is 6.08. The van der Waals surface area contributed by atoms with Crippen LogP contribution < -0.4 is 0 Å². The molecular weight excluding hydrogens is 148 g/mol. The van der Waals surface area contributed by atoms with Crippen molar-refractivity contribution in [3.05, 3.63) is 0 Å². The number of hydrogen-bond donors (Lipinski definition) is 0. The lowest BCUT2D eigenvalue weighted by molar-refractivity contribution is 0.449. The van der Waals surface area contributed by atoms with Crippen LogP contribution >= 0.6 is 0 Å². The van der Waals surface area contributed by atoms with E-state index in [2.05, 4.69) is 31.0 Å². The Labute approximate surface area is 75.2 Å². The molecular formula is C10H23Si. The fraction of sp³-hybridized carbons (Fsp3) is 1.00. The van der Waals surface area contributed by atoms with Crippen LogP contribution in [0.5, 0.6) is 0 Å². The number of hydrogen-bond acceptors (Lipinski definition) is 0. The van der Waals surface area contributed by atoms with Crippen LogP contribution in [-0.4, -0.2) is 10.2 Å². The van der Waals surface area contributed by atoms with Gasteiger partial charge in [0, 0.05) is 10.2 Å². The molecule has 0 saturated heterocycles. The average Bonchev–Trinajstić information content (AvgIpc) is 1.87. The van der Waals surface area contributed by atoms with Gasteiger partial charge in [-0.05, 0) is 11.8 Å². The average molecular weight is 171 g/mol. The van der Waals surface area contributed by atoms with E-state index >= 15 is 0 Å². The predicted octanol–water partition coefficient (Wildman–Crippen LogP) is 2.89. The minimum atomic E-state index is 0.894. The molecule has 1 radical (unpaired) electrons. The van der Waals surface area contributed by atoms with Crippen LogP contribution in [-0.2, 0) is 0 Å². The molecule has 1 atom stereocenters. The van der Waals surface area contributed by atoms with Crippen molar-refractivity contribution in [3.8, 4) is 0 Å². The molecule has 67 valence electrons. The maximum atomic E-state index is 2.38. The highest BCUT2D eigenvalue weighted by Crippen LogP contribution is 2.15. The van der Waals surface area contributed by atoms with Gasteiger partial charge in [0.05, 0.1) is 0 Å². The summed E-state index contributed by atoms with van der Waals surface area (Å²) in [6.45, 7) is 7.01. The van der Waals surface area contributed by atoms with Crippen LogP contribution in [0.25, 0.3) is 0 Å². The lowest BCUT2D eigenvalue weighted by atomic mass is 9.98. The van der Waals surface area contributed by atoms with E-state index in [0.717, 1.165) is 11.8 Å². The Kier molecular flexibility index (Phi) is 7.03. The summed E-state index contributed by atoms with van der Waals surface area (Å²) in [6.07, 6.45) is 5.71. The molecule has 0 amide bonds. The first-order valence-corrected chi connectivity index (χ1v) is 5.96. The molecule has 0 aliphatic rings. The van der Waals surface area contributed by atoms with Crippen LogP contribution in [0.3, 0.4) is 0 Å². The van der Waals surface area contributed by atoms with Crippen LogP contribution in [0.2, 0.25) is 6.04 Å². The van der Waals surface area contributed by atoms with Gasteiger partial charge in [-0.3, -0.25) is 0 Å². The highest BCUT2D eigenvalue weighted by Gasteiger charge is 2.00. The van der Waals surface area contributed by atoms with Crippen LogP contribution in [0, 0.1) is 11.8 Å². The normalized spacial score (nSPS) is 13.9. The maximum Gasteiger partial charge on any atom is 0.00798 e.